The fraction of sp³-hybridized carbons (Fsp3) is 0.133. The number of halogens is 2. The summed E-state index contributed by atoms with van der Waals surface area (Å²) in [5.41, 5.74) is 1.45. The van der Waals surface area contributed by atoms with Crippen molar-refractivity contribution in [3.05, 3.63) is 63.8 Å². The first kappa shape index (κ1) is 14.9. The van der Waals surface area contributed by atoms with Crippen molar-refractivity contribution < 1.29 is 9.84 Å². The molecule has 2 rings (SSSR count). The Morgan fingerprint density at radius 1 is 1.20 bits per heavy atom. The smallest absolute Gasteiger partial charge is 0.219 e. The molecule has 20 heavy (non-hydrogen) atoms. The first-order chi connectivity index (χ1) is 9.60. The monoisotopic (exact) mass is 309 g/mol. The van der Waals surface area contributed by atoms with Crippen LogP contribution in [0.5, 0.6) is 5.88 Å². The quantitative estimate of drug-likeness (QED) is 0.922. The van der Waals surface area contributed by atoms with Gasteiger partial charge in [0.2, 0.25) is 5.88 Å². The highest BCUT2D eigenvalue weighted by molar-refractivity contribution is 6.30. The molecule has 0 bridgehead atoms. The van der Waals surface area contributed by atoms with E-state index in [0.717, 1.165) is 5.56 Å². The van der Waals surface area contributed by atoms with Crippen LogP contribution in [-0.2, 0) is 0 Å². The van der Waals surface area contributed by atoms with Gasteiger partial charge >= 0.3 is 0 Å². The Hall–Kier alpha value is -1.55. The molecule has 1 aromatic heterocycles. The second-order valence-corrected chi connectivity index (χ2v) is 4.98. The van der Waals surface area contributed by atoms with Crippen LogP contribution in [0.4, 0.5) is 0 Å². The van der Waals surface area contributed by atoms with E-state index in [1.807, 2.05) is 12.1 Å². The second kappa shape index (κ2) is 6.75. The van der Waals surface area contributed by atoms with E-state index >= 15 is 0 Å². The number of ether oxygens (including phenoxy) is 1. The van der Waals surface area contributed by atoms with Crippen LogP contribution in [0.25, 0.3) is 6.08 Å². The van der Waals surface area contributed by atoms with Crippen molar-refractivity contribution in [1.82, 2.24) is 4.98 Å². The van der Waals surface area contributed by atoms with E-state index in [2.05, 4.69) is 4.98 Å². The molecule has 0 aliphatic carbocycles. The molecule has 3 nitrogen and oxygen atoms in total. The van der Waals surface area contributed by atoms with E-state index in [1.165, 1.54) is 13.3 Å². The molecule has 0 aliphatic heterocycles. The summed E-state index contributed by atoms with van der Waals surface area (Å²) in [5, 5.41) is 11.3. The standard InChI is InChI=1S/C15H13Cl2NO2/c1-20-15-13(8-12(17)9-18-15)14(19)7-4-10-2-5-11(16)6-3-10/h2-9,14,19H,1H3/b7-4+. The summed E-state index contributed by atoms with van der Waals surface area (Å²) >= 11 is 11.7. The van der Waals surface area contributed by atoms with Crippen LogP contribution in [-0.4, -0.2) is 17.2 Å². The number of pyridine rings is 1. The number of hydrogen-bond acceptors (Lipinski definition) is 3. The van der Waals surface area contributed by atoms with Crippen molar-refractivity contribution in [2.75, 3.05) is 7.11 Å². The molecule has 0 fully saturated rings. The van der Waals surface area contributed by atoms with Gasteiger partial charge in [0.05, 0.1) is 12.1 Å². The lowest BCUT2D eigenvalue weighted by atomic mass is 10.1. The Balaban J connectivity index is 2.21. The van der Waals surface area contributed by atoms with E-state index in [0.29, 0.717) is 21.5 Å². The SMILES string of the molecule is COc1ncc(Cl)cc1C(O)/C=C/c1ccc(Cl)cc1. The molecular weight excluding hydrogens is 297 g/mol. The lowest BCUT2D eigenvalue weighted by molar-refractivity contribution is 0.222. The molecule has 1 heterocycles. The Bertz CT molecular complexity index is 612. The number of rotatable bonds is 4. The normalized spacial score (nSPS) is 12.6. The summed E-state index contributed by atoms with van der Waals surface area (Å²) in [4.78, 5) is 4.02. The number of aromatic nitrogens is 1. The van der Waals surface area contributed by atoms with Gasteiger partial charge in [0.15, 0.2) is 0 Å². The van der Waals surface area contributed by atoms with Crippen LogP contribution in [0.2, 0.25) is 10.0 Å². The van der Waals surface area contributed by atoms with E-state index in [1.54, 1.807) is 30.4 Å². The van der Waals surface area contributed by atoms with Crippen LogP contribution >= 0.6 is 23.2 Å². The van der Waals surface area contributed by atoms with Gasteiger partial charge in [-0.05, 0) is 23.8 Å². The third-order valence-corrected chi connectivity index (χ3v) is 3.16. The molecule has 1 N–H and O–H groups in total. The number of nitrogens with zero attached hydrogens (tertiary/aromatic N) is 1. The van der Waals surface area contributed by atoms with Gasteiger partial charge in [-0.3, -0.25) is 0 Å². The number of hydrogen-bond donors (Lipinski definition) is 1. The maximum atomic E-state index is 10.2. The van der Waals surface area contributed by atoms with E-state index in [4.69, 9.17) is 27.9 Å². The summed E-state index contributed by atoms with van der Waals surface area (Å²) < 4.78 is 5.11. The maximum Gasteiger partial charge on any atom is 0.219 e. The lowest BCUT2D eigenvalue weighted by Gasteiger charge is -2.10. The number of benzene rings is 1. The molecule has 0 amide bonds. The van der Waals surface area contributed by atoms with Gasteiger partial charge in [-0.15, -0.1) is 0 Å². The number of methoxy groups -OCH3 is 1. The zero-order valence-corrected chi connectivity index (χ0v) is 12.3. The number of aliphatic hydroxyl groups excluding tert-OH is 1. The molecule has 0 spiro atoms. The van der Waals surface area contributed by atoms with Gasteiger partial charge in [-0.25, -0.2) is 4.98 Å². The Labute approximate surface area is 127 Å². The Morgan fingerprint density at radius 2 is 1.90 bits per heavy atom. The lowest BCUT2D eigenvalue weighted by Crippen LogP contribution is -1.99. The van der Waals surface area contributed by atoms with E-state index in [9.17, 15) is 5.11 Å². The van der Waals surface area contributed by atoms with Crippen LogP contribution in [0.3, 0.4) is 0 Å². The van der Waals surface area contributed by atoms with Crippen LogP contribution in [0.15, 0.2) is 42.6 Å². The van der Waals surface area contributed by atoms with Crippen LogP contribution < -0.4 is 4.74 Å². The van der Waals surface area contributed by atoms with Gasteiger partial charge in [-0.2, -0.15) is 0 Å². The van der Waals surface area contributed by atoms with Crippen molar-refractivity contribution in [1.29, 1.82) is 0 Å². The van der Waals surface area contributed by atoms with Crippen LogP contribution in [0, 0.1) is 0 Å². The summed E-state index contributed by atoms with van der Waals surface area (Å²) in [6.07, 6.45) is 4.05. The van der Waals surface area contributed by atoms with Crippen molar-refractivity contribution in [3.8, 4) is 5.88 Å². The Kier molecular flexibility index (Phi) is 5.01. The summed E-state index contributed by atoms with van der Waals surface area (Å²) in [6, 6.07) is 8.92. The third kappa shape index (κ3) is 3.73. The molecule has 1 aromatic carbocycles. The highest BCUT2D eigenvalue weighted by Crippen LogP contribution is 2.27. The van der Waals surface area contributed by atoms with Crippen molar-refractivity contribution in [2.45, 2.75) is 6.10 Å². The van der Waals surface area contributed by atoms with Crippen molar-refractivity contribution in [2.24, 2.45) is 0 Å². The second-order valence-electron chi connectivity index (χ2n) is 4.11. The topological polar surface area (TPSA) is 42.4 Å². The molecular formula is C15H13Cl2NO2. The van der Waals surface area contributed by atoms with E-state index < -0.39 is 6.10 Å². The largest absolute Gasteiger partial charge is 0.481 e. The minimum Gasteiger partial charge on any atom is -0.481 e. The van der Waals surface area contributed by atoms with Crippen LogP contribution in [0.1, 0.15) is 17.2 Å². The first-order valence-corrected chi connectivity index (χ1v) is 6.67. The molecule has 0 aliphatic rings. The highest BCUT2D eigenvalue weighted by Gasteiger charge is 2.12. The highest BCUT2D eigenvalue weighted by atomic mass is 35.5. The summed E-state index contributed by atoms with van der Waals surface area (Å²) in [5.74, 6) is 0.350. The fourth-order valence-electron chi connectivity index (χ4n) is 1.70. The minimum atomic E-state index is -0.855. The molecule has 2 aromatic rings. The zero-order chi connectivity index (χ0) is 14.5. The molecule has 5 heteroatoms. The fourth-order valence-corrected chi connectivity index (χ4v) is 2.00. The van der Waals surface area contributed by atoms with E-state index in [-0.39, 0.29) is 0 Å². The van der Waals surface area contributed by atoms with Gasteiger partial charge in [0.25, 0.3) is 0 Å². The molecule has 1 unspecified atom stereocenters. The average molecular weight is 310 g/mol. The van der Waals surface area contributed by atoms with Gasteiger partial charge < -0.3 is 9.84 Å². The molecule has 0 saturated heterocycles. The third-order valence-electron chi connectivity index (χ3n) is 2.70. The van der Waals surface area contributed by atoms with Gasteiger partial charge in [0.1, 0.15) is 6.10 Å². The predicted octanol–water partition coefficient (Wildman–Crippen LogP) is 4.14. The summed E-state index contributed by atoms with van der Waals surface area (Å²) in [7, 11) is 1.50. The molecule has 0 saturated carbocycles. The maximum absolute atomic E-state index is 10.2. The zero-order valence-electron chi connectivity index (χ0n) is 10.8. The van der Waals surface area contributed by atoms with Gasteiger partial charge in [0, 0.05) is 16.8 Å². The molecule has 104 valence electrons. The molecule has 1 atom stereocenters. The van der Waals surface area contributed by atoms with Crippen molar-refractivity contribution >= 4 is 29.3 Å². The Morgan fingerprint density at radius 3 is 2.55 bits per heavy atom. The number of aliphatic hydroxyl groups is 1. The van der Waals surface area contributed by atoms with Gasteiger partial charge in [-0.1, -0.05) is 47.5 Å². The predicted molar refractivity (Wildman–Crippen MR) is 81.2 cm³/mol. The summed E-state index contributed by atoms with van der Waals surface area (Å²) in [6.45, 7) is 0. The average Bonchev–Trinajstić information content (AvgIpc) is 2.46. The molecule has 0 radical (unpaired) electrons. The first-order valence-electron chi connectivity index (χ1n) is 5.91. The minimum absolute atomic E-state index is 0.350. The van der Waals surface area contributed by atoms with Crippen molar-refractivity contribution in [3.63, 3.8) is 0 Å².